The molecule has 2 rings (SSSR count). The van der Waals surface area contributed by atoms with E-state index in [2.05, 4.69) is 29.4 Å². The second kappa shape index (κ2) is 6.04. The van der Waals surface area contributed by atoms with Crippen molar-refractivity contribution in [3.8, 4) is 0 Å². The molecular weight excluding hydrogens is 242 g/mol. The van der Waals surface area contributed by atoms with Crippen molar-refractivity contribution < 1.29 is 4.79 Å². The van der Waals surface area contributed by atoms with E-state index in [1.165, 1.54) is 0 Å². The van der Waals surface area contributed by atoms with Crippen molar-refractivity contribution in [1.82, 2.24) is 25.0 Å². The van der Waals surface area contributed by atoms with Gasteiger partial charge < -0.3 is 14.8 Å². The summed E-state index contributed by atoms with van der Waals surface area (Å²) >= 11 is 0. The number of carbonyl (C=O) groups excluding carboxylic acids is 1. The number of hydrogen-bond acceptors (Lipinski definition) is 3. The molecule has 19 heavy (non-hydrogen) atoms. The Kier molecular flexibility index (Phi) is 4.39. The zero-order chi connectivity index (χ0) is 13.8. The second-order valence-corrected chi connectivity index (χ2v) is 5.09. The van der Waals surface area contributed by atoms with Crippen LogP contribution in [0.25, 0.3) is 0 Å². The molecule has 2 heterocycles. The third-order valence-electron chi connectivity index (χ3n) is 3.93. The van der Waals surface area contributed by atoms with Crippen molar-refractivity contribution in [2.45, 2.75) is 65.2 Å². The Morgan fingerprint density at radius 3 is 2.95 bits per heavy atom. The van der Waals surface area contributed by atoms with E-state index in [9.17, 15) is 4.79 Å². The van der Waals surface area contributed by atoms with Crippen LogP contribution >= 0.6 is 0 Å². The summed E-state index contributed by atoms with van der Waals surface area (Å²) < 4.78 is 1.94. The van der Waals surface area contributed by atoms with Crippen LogP contribution in [0.15, 0.2) is 6.33 Å². The van der Waals surface area contributed by atoms with E-state index in [1.54, 1.807) is 6.33 Å². The number of likely N-dealkylation sites (tertiary alicyclic amines) is 1. The first-order chi connectivity index (χ1) is 9.17. The fourth-order valence-electron chi connectivity index (χ4n) is 2.76. The molecule has 0 spiro atoms. The molecule has 1 N–H and O–H groups in total. The zero-order valence-corrected chi connectivity index (χ0v) is 12.0. The topological polar surface area (TPSA) is 63.1 Å². The summed E-state index contributed by atoms with van der Waals surface area (Å²) in [6.45, 7) is 7.53. The molecule has 1 saturated heterocycles. The Balaban J connectivity index is 1.94. The van der Waals surface area contributed by atoms with Crippen molar-refractivity contribution in [2.24, 2.45) is 0 Å². The molecule has 1 aliphatic rings. The standard InChI is InChI=1S/C13H23N5O/c1-4-11-7-6-10(3)18(11)13(19)14-8-12-16-15-9-17(12)5-2/h9-11H,4-8H2,1-3H3,(H,14,19)/t10-,11+/m1/s1. The minimum absolute atomic E-state index is 0.0162. The average Bonchev–Trinajstić information content (AvgIpc) is 3.01. The Hall–Kier alpha value is -1.59. The van der Waals surface area contributed by atoms with Crippen LogP contribution in [0.4, 0.5) is 4.79 Å². The normalized spacial score (nSPS) is 22.8. The molecule has 0 unspecified atom stereocenters. The molecule has 0 bridgehead atoms. The molecular formula is C13H23N5O. The second-order valence-electron chi connectivity index (χ2n) is 5.09. The number of carbonyl (C=O) groups is 1. The minimum Gasteiger partial charge on any atom is -0.331 e. The van der Waals surface area contributed by atoms with E-state index in [-0.39, 0.29) is 6.03 Å². The van der Waals surface area contributed by atoms with Gasteiger partial charge in [-0.25, -0.2) is 4.79 Å². The van der Waals surface area contributed by atoms with Gasteiger partial charge in [0.05, 0.1) is 6.54 Å². The van der Waals surface area contributed by atoms with E-state index < -0.39 is 0 Å². The molecule has 0 aliphatic carbocycles. The van der Waals surface area contributed by atoms with Crippen molar-refractivity contribution in [3.63, 3.8) is 0 Å². The van der Waals surface area contributed by atoms with Crippen LogP contribution in [0.5, 0.6) is 0 Å². The van der Waals surface area contributed by atoms with Crippen molar-refractivity contribution in [2.75, 3.05) is 0 Å². The van der Waals surface area contributed by atoms with Crippen LogP contribution in [0.3, 0.4) is 0 Å². The van der Waals surface area contributed by atoms with Crippen LogP contribution in [0.1, 0.15) is 45.9 Å². The number of rotatable bonds is 4. The number of aromatic nitrogens is 3. The lowest BCUT2D eigenvalue weighted by Gasteiger charge is -2.28. The minimum atomic E-state index is 0.0162. The zero-order valence-electron chi connectivity index (χ0n) is 12.0. The van der Waals surface area contributed by atoms with E-state index >= 15 is 0 Å². The number of nitrogens with zero attached hydrogens (tertiary/aromatic N) is 4. The van der Waals surface area contributed by atoms with Crippen molar-refractivity contribution in [3.05, 3.63) is 12.2 Å². The maximum atomic E-state index is 12.3. The van der Waals surface area contributed by atoms with Crippen LogP contribution in [-0.4, -0.2) is 37.8 Å². The predicted octanol–water partition coefficient (Wildman–Crippen LogP) is 1.77. The van der Waals surface area contributed by atoms with E-state index in [0.717, 1.165) is 31.6 Å². The molecule has 0 aromatic carbocycles. The molecule has 106 valence electrons. The van der Waals surface area contributed by atoms with Gasteiger partial charge >= 0.3 is 6.03 Å². The molecule has 6 heteroatoms. The fraction of sp³-hybridized carbons (Fsp3) is 0.769. The molecule has 1 aromatic rings. The highest BCUT2D eigenvalue weighted by molar-refractivity contribution is 5.75. The quantitative estimate of drug-likeness (QED) is 0.902. The van der Waals surface area contributed by atoms with E-state index in [0.29, 0.717) is 18.6 Å². The highest BCUT2D eigenvalue weighted by Gasteiger charge is 2.32. The molecule has 2 amide bonds. The van der Waals surface area contributed by atoms with Crippen LogP contribution < -0.4 is 5.32 Å². The first-order valence-electron chi connectivity index (χ1n) is 7.10. The lowest BCUT2D eigenvalue weighted by molar-refractivity contribution is 0.174. The summed E-state index contributed by atoms with van der Waals surface area (Å²) in [4.78, 5) is 14.3. The van der Waals surface area contributed by atoms with Gasteiger partial charge in [-0.15, -0.1) is 10.2 Å². The molecule has 2 atom stereocenters. The summed E-state index contributed by atoms with van der Waals surface area (Å²) in [5.74, 6) is 0.802. The molecule has 0 radical (unpaired) electrons. The van der Waals surface area contributed by atoms with Gasteiger partial charge in [-0.05, 0) is 33.1 Å². The first-order valence-corrected chi connectivity index (χ1v) is 7.10. The smallest absolute Gasteiger partial charge is 0.318 e. The Morgan fingerprint density at radius 2 is 2.26 bits per heavy atom. The van der Waals surface area contributed by atoms with Gasteiger partial charge in [0.1, 0.15) is 6.33 Å². The van der Waals surface area contributed by atoms with Gasteiger partial charge in [-0.1, -0.05) is 6.92 Å². The van der Waals surface area contributed by atoms with Gasteiger partial charge in [0.2, 0.25) is 0 Å². The Morgan fingerprint density at radius 1 is 1.47 bits per heavy atom. The monoisotopic (exact) mass is 265 g/mol. The lowest BCUT2D eigenvalue weighted by atomic mass is 10.2. The van der Waals surface area contributed by atoms with Crippen molar-refractivity contribution >= 4 is 6.03 Å². The van der Waals surface area contributed by atoms with Gasteiger partial charge in [-0.3, -0.25) is 0 Å². The van der Waals surface area contributed by atoms with Gasteiger partial charge in [0.15, 0.2) is 5.82 Å². The van der Waals surface area contributed by atoms with Gasteiger partial charge in [0, 0.05) is 18.6 Å². The molecule has 1 aromatic heterocycles. The Labute approximate surface area is 114 Å². The summed E-state index contributed by atoms with van der Waals surface area (Å²) in [7, 11) is 0. The van der Waals surface area contributed by atoms with E-state index in [1.807, 2.05) is 16.4 Å². The number of nitrogens with one attached hydrogen (secondary N) is 1. The van der Waals surface area contributed by atoms with Crippen LogP contribution in [-0.2, 0) is 13.1 Å². The van der Waals surface area contributed by atoms with E-state index in [4.69, 9.17) is 0 Å². The first kappa shape index (κ1) is 13.8. The predicted molar refractivity (Wildman–Crippen MR) is 72.5 cm³/mol. The van der Waals surface area contributed by atoms with Gasteiger partial charge in [-0.2, -0.15) is 0 Å². The number of aryl methyl sites for hydroxylation is 1. The molecule has 6 nitrogen and oxygen atoms in total. The number of hydrogen-bond donors (Lipinski definition) is 1. The number of urea groups is 1. The molecule has 1 fully saturated rings. The Bertz CT molecular complexity index is 430. The maximum Gasteiger partial charge on any atom is 0.318 e. The maximum absolute atomic E-state index is 12.3. The largest absolute Gasteiger partial charge is 0.331 e. The van der Waals surface area contributed by atoms with Crippen LogP contribution in [0.2, 0.25) is 0 Å². The highest BCUT2D eigenvalue weighted by atomic mass is 16.2. The third kappa shape index (κ3) is 2.88. The number of amides is 2. The average molecular weight is 265 g/mol. The third-order valence-corrected chi connectivity index (χ3v) is 3.93. The highest BCUT2D eigenvalue weighted by Crippen LogP contribution is 2.25. The summed E-state index contributed by atoms with van der Waals surface area (Å²) in [6.07, 6.45) is 4.91. The summed E-state index contributed by atoms with van der Waals surface area (Å²) in [5.41, 5.74) is 0. The molecule has 0 saturated carbocycles. The van der Waals surface area contributed by atoms with Gasteiger partial charge in [0.25, 0.3) is 0 Å². The van der Waals surface area contributed by atoms with Crippen molar-refractivity contribution in [1.29, 1.82) is 0 Å². The van der Waals surface area contributed by atoms with Crippen LogP contribution in [0, 0.1) is 0 Å². The summed E-state index contributed by atoms with van der Waals surface area (Å²) in [6, 6.07) is 0.718. The lowest BCUT2D eigenvalue weighted by Crippen LogP contribution is -2.45. The molecule has 1 aliphatic heterocycles. The fourth-order valence-corrected chi connectivity index (χ4v) is 2.76. The summed E-state index contributed by atoms with van der Waals surface area (Å²) in [5, 5.41) is 10.8. The SMILES string of the molecule is CC[C@H]1CC[C@@H](C)N1C(=O)NCc1nncn1CC.